The third kappa shape index (κ3) is 5.38. The quantitative estimate of drug-likeness (QED) is 0.558. The van der Waals surface area contributed by atoms with Gasteiger partial charge in [0, 0.05) is 30.5 Å². The molecule has 1 fully saturated rings. The zero-order valence-electron chi connectivity index (χ0n) is 16.0. The Morgan fingerprint density at radius 3 is 2.32 bits per heavy atom. The maximum Gasteiger partial charge on any atom is 0.363 e. The van der Waals surface area contributed by atoms with Crippen LogP contribution in [-0.4, -0.2) is 58.8 Å². The molecule has 4 nitrogen and oxygen atoms in total. The topological polar surface area (TPSA) is 38.8 Å². The minimum atomic E-state index is -1.05. The third-order valence-corrected chi connectivity index (χ3v) is 7.17. The summed E-state index contributed by atoms with van der Waals surface area (Å²) in [4.78, 5) is 2.31. The molecule has 1 aliphatic rings. The van der Waals surface area contributed by atoms with Crippen molar-refractivity contribution in [3.63, 3.8) is 0 Å². The van der Waals surface area contributed by atoms with Crippen LogP contribution in [0.5, 0.6) is 0 Å². The van der Waals surface area contributed by atoms with Gasteiger partial charge in [0.2, 0.25) is 0 Å². The maximum atomic E-state index is 13.1. The Morgan fingerprint density at radius 2 is 1.84 bits per heavy atom. The Kier molecular flexibility index (Phi) is 7.28. The lowest BCUT2D eigenvalue weighted by atomic mass is 9.80. The summed E-state index contributed by atoms with van der Waals surface area (Å²) in [5.74, 6) is 0. The fraction of sp³-hybridized carbons (Fsp3) is 0.667. The molecule has 1 saturated heterocycles. The molecular formula is C18H30BClN2O2S. The first-order valence-corrected chi connectivity index (χ1v) is 10.3. The lowest BCUT2D eigenvalue weighted by Crippen LogP contribution is -2.60. The van der Waals surface area contributed by atoms with Gasteiger partial charge in [-0.25, -0.2) is 0 Å². The molecule has 0 aliphatic carbocycles. The van der Waals surface area contributed by atoms with Crippen LogP contribution >= 0.6 is 11.6 Å². The van der Waals surface area contributed by atoms with Gasteiger partial charge < -0.3 is 14.0 Å². The first-order valence-electron chi connectivity index (χ1n) is 8.79. The van der Waals surface area contributed by atoms with Gasteiger partial charge in [0.1, 0.15) is 4.75 Å². The van der Waals surface area contributed by atoms with E-state index in [4.69, 9.17) is 16.3 Å². The molecule has 1 aromatic carbocycles. The molecule has 1 aromatic rings. The van der Waals surface area contributed by atoms with E-state index < -0.39 is 11.4 Å². The van der Waals surface area contributed by atoms with Crippen molar-refractivity contribution in [3.05, 3.63) is 34.9 Å². The van der Waals surface area contributed by atoms with Crippen LogP contribution < -0.4 is 0 Å². The lowest BCUT2D eigenvalue weighted by Gasteiger charge is -2.48. The predicted molar refractivity (Wildman–Crippen MR) is 109 cm³/mol. The van der Waals surface area contributed by atoms with Gasteiger partial charge in [0.25, 0.3) is 0 Å². The summed E-state index contributed by atoms with van der Waals surface area (Å²) < 4.78 is 20.2. The molecule has 0 amide bonds. The van der Waals surface area contributed by atoms with Crippen molar-refractivity contribution >= 4 is 30.6 Å². The number of rotatable bonds is 6. The Labute approximate surface area is 161 Å². The minimum Gasteiger partial charge on any atom is -0.597 e. The standard InChI is InChI=1S/C18H30BClN2O2S/c1-17(2,3)25(23)21(4)18(10-12-22(13-11-18)19-24-5)14-15-6-8-16(20)9-7-15/h6-9,19H,10-14H2,1-5H3. The number of likely N-dealkylation sites (N-methyl/N-ethyl adjacent to an activating group) is 1. The summed E-state index contributed by atoms with van der Waals surface area (Å²) in [7, 11) is 4.41. The van der Waals surface area contributed by atoms with Gasteiger partial charge in [0.05, 0.1) is 5.54 Å². The highest BCUT2D eigenvalue weighted by molar-refractivity contribution is 7.90. The Hall–Kier alpha value is -0.235. The number of halogens is 1. The summed E-state index contributed by atoms with van der Waals surface area (Å²) >= 11 is 4.98. The van der Waals surface area contributed by atoms with Gasteiger partial charge in [-0.3, -0.25) is 0 Å². The average molecular weight is 385 g/mol. The molecule has 0 saturated carbocycles. The molecule has 2 rings (SSSR count). The van der Waals surface area contributed by atoms with E-state index in [9.17, 15) is 4.55 Å². The zero-order valence-corrected chi connectivity index (χ0v) is 17.6. The molecule has 0 radical (unpaired) electrons. The molecule has 0 spiro atoms. The maximum absolute atomic E-state index is 13.1. The Balaban J connectivity index is 2.23. The first kappa shape index (κ1) is 21.1. The van der Waals surface area contributed by atoms with Crippen LogP contribution in [0.3, 0.4) is 0 Å². The SMILES string of the molecule is COBN1CCC(Cc2ccc(Cl)cc2)(N(C)[S+]([O-])C(C)(C)C)CC1. The Bertz CT molecular complexity index is 545. The second kappa shape index (κ2) is 8.64. The van der Waals surface area contributed by atoms with Crippen molar-refractivity contribution in [3.8, 4) is 0 Å². The van der Waals surface area contributed by atoms with E-state index in [0.29, 0.717) is 7.62 Å². The highest BCUT2D eigenvalue weighted by atomic mass is 35.5. The van der Waals surface area contributed by atoms with E-state index >= 15 is 0 Å². The molecular weight excluding hydrogens is 355 g/mol. The number of benzene rings is 1. The third-order valence-electron chi connectivity index (χ3n) is 4.99. The van der Waals surface area contributed by atoms with E-state index in [1.807, 2.05) is 40.0 Å². The normalized spacial score (nSPS) is 19.8. The van der Waals surface area contributed by atoms with Crippen molar-refractivity contribution in [1.82, 2.24) is 9.12 Å². The smallest absolute Gasteiger partial charge is 0.363 e. The van der Waals surface area contributed by atoms with Gasteiger partial charge in [0.15, 0.2) is 0 Å². The van der Waals surface area contributed by atoms with Crippen molar-refractivity contribution in [2.75, 3.05) is 27.2 Å². The van der Waals surface area contributed by atoms with Crippen molar-refractivity contribution in [2.45, 2.75) is 50.3 Å². The number of hydrogen-bond donors (Lipinski definition) is 0. The summed E-state index contributed by atoms with van der Waals surface area (Å²) in [6.07, 6.45) is 2.82. The van der Waals surface area contributed by atoms with Crippen LogP contribution in [-0.2, 0) is 22.4 Å². The van der Waals surface area contributed by atoms with Crippen molar-refractivity contribution in [2.24, 2.45) is 0 Å². The summed E-state index contributed by atoms with van der Waals surface area (Å²) in [5.41, 5.74) is 1.12. The molecule has 1 unspecified atom stereocenters. The number of hydrogen-bond acceptors (Lipinski definition) is 4. The number of nitrogens with zero attached hydrogens (tertiary/aromatic N) is 2. The van der Waals surface area contributed by atoms with E-state index in [1.165, 1.54) is 5.56 Å². The van der Waals surface area contributed by atoms with Crippen LogP contribution in [0.1, 0.15) is 39.2 Å². The van der Waals surface area contributed by atoms with Crippen molar-refractivity contribution in [1.29, 1.82) is 0 Å². The highest BCUT2D eigenvalue weighted by Crippen LogP contribution is 2.36. The monoisotopic (exact) mass is 384 g/mol. The lowest BCUT2D eigenvalue weighted by molar-refractivity contribution is 0.118. The van der Waals surface area contributed by atoms with Gasteiger partial charge in [-0.1, -0.05) is 23.7 Å². The molecule has 0 N–H and O–H groups in total. The van der Waals surface area contributed by atoms with Gasteiger partial charge in [-0.15, -0.1) is 4.31 Å². The molecule has 1 atom stereocenters. The molecule has 0 aromatic heterocycles. The molecule has 140 valence electrons. The zero-order chi connectivity index (χ0) is 18.7. The fourth-order valence-electron chi connectivity index (χ4n) is 3.45. The van der Waals surface area contributed by atoms with Crippen LogP contribution in [0, 0.1) is 0 Å². The second-order valence-electron chi connectivity index (χ2n) is 7.92. The minimum absolute atomic E-state index is 0.115. The Morgan fingerprint density at radius 1 is 1.28 bits per heavy atom. The van der Waals surface area contributed by atoms with Crippen LogP contribution in [0.4, 0.5) is 0 Å². The predicted octanol–water partition coefficient (Wildman–Crippen LogP) is 3.02. The summed E-state index contributed by atoms with van der Waals surface area (Å²) in [6, 6.07) is 8.04. The van der Waals surface area contributed by atoms with E-state index in [1.54, 1.807) is 7.11 Å². The fourth-order valence-corrected chi connectivity index (χ4v) is 5.00. The van der Waals surface area contributed by atoms with Gasteiger partial charge in [-0.05, 0) is 70.8 Å². The molecule has 0 bridgehead atoms. The van der Waals surface area contributed by atoms with Gasteiger partial charge >= 0.3 is 7.62 Å². The summed E-state index contributed by atoms with van der Waals surface area (Å²) in [5, 5.41) is 0.749. The van der Waals surface area contributed by atoms with Crippen LogP contribution in [0.15, 0.2) is 24.3 Å². The molecule has 7 heteroatoms. The van der Waals surface area contributed by atoms with Gasteiger partial charge in [-0.2, -0.15) is 0 Å². The molecule has 25 heavy (non-hydrogen) atoms. The average Bonchev–Trinajstić information content (AvgIpc) is 2.57. The van der Waals surface area contributed by atoms with E-state index in [2.05, 4.69) is 21.2 Å². The highest BCUT2D eigenvalue weighted by Gasteiger charge is 2.46. The number of piperidine rings is 1. The summed E-state index contributed by atoms with van der Waals surface area (Å²) in [6.45, 7) is 8.02. The van der Waals surface area contributed by atoms with E-state index in [0.717, 1.165) is 37.4 Å². The molecule has 1 aliphatic heterocycles. The van der Waals surface area contributed by atoms with Crippen molar-refractivity contribution < 1.29 is 9.21 Å². The first-order chi connectivity index (χ1) is 11.7. The second-order valence-corrected chi connectivity index (χ2v) is 10.6. The molecule has 1 heterocycles. The largest absolute Gasteiger partial charge is 0.597 e. The van der Waals surface area contributed by atoms with Crippen LogP contribution in [0.2, 0.25) is 5.02 Å². The van der Waals surface area contributed by atoms with E-state index in [-0.39, 0.29) is 10.3 Å². The van der Waals surface area contributed by atoms with Crippen LogP contribution in [0.25, 0.3) is 0 Å².